The van der Waals surface area contributed by atoms with Gasteiger partial charge in [0.1, 0.15) is 0 Å². The van der Waals surface area contributed by atoms with Gasteiger partial charge in [0.25, 0.3) is 10.2 Å². The zero-order valence-electron chi connectivity index (χ0n) is 10.2. The monoisotopic (exact) mass is 272 g/mol. The minimum Gasteiger partial charge on any atom is -0.409 e. The Morgan fingerprint density at radius 1 is 1.56 bits per heavy atom. The highest BCUT2D eigenvalue weighted by molar-refractivity contribution is 7.87. The van der Waals surface area contributed by atoms with Crippen LogP contribution in [-0.2, 0) is 16.8 Å². The Hall–Kier alpha value is -1.64. The summed E-state index contributed by atoms with van der Waals surface area (Å²) in [7, 11) is -0.656. The van der Waals surface area contributed by atoms with E-state index in [0.717, 1.165) is 5.56 Å². The Labute approximate surface area is 106 Å². The van der Waals surface area contributed by atoms with E-state index in [1.165, 1.54) is 18.4 Å². The SMILES string of the molecule is CNS(=O)(=O)N(C)Cc1cccc(/C(N)=N/O)c1. The number of nitrogens with zero attached hydrogens (tertiary/aromatic N) is 2. The molecule has 1 aromatic carbocycles. The highest BCUT2D eigenvalue weighted by Crippen LogP contribution is 2.09. The number of hydrogen-bond acceptors (Lipinski definition) is 4. The fraction of sp³-hybridized carbons (Fsp3) is 0.300. The van der Waals surface area contributed by atoms with Gasteiger partial charge in [0.2, 0.25) is 0 Å². The van der Waals surface area contributed by atoms with Gasteiger partial charge in [0.05, 0.1) is 0 Å². The Morgan fingerprint density at radius 2 is 2.22 bits per heavy atom. The Kier molecular flexibility index (Phi) is 4.65. The Balaban J connectivity index is 2.93. The van der Waals surface area contributed by atoms with Crippen molar-refractivity contribution < 1.29 is 13.6 Å². The average molecular weight is 272 g/mol. The zero-order valence-corrected chi connectivity index (χ0v) is 11.0. The van der Waals surface area contributed by atoms with Crippen LogP contribution in [0.15, 0.2) is 29.4 Å². The second kappa shape index (κ2) is 5.80. The maximum absolute atomic E-state index is 11.5. The number of amidine groups is 1. The first-order chi connectivity index (χ1) is 8.40. The maximum atomic E-state index is 11.5. The van der Waals surface area contributed by atoms with Gasteiger partial charge in [-0.3, -0.25) is 0 Å². The predicted octanol–water partition coefficient (Wildman–Crippen LogP) is -0.323. The summed E-state index contributed by atoms with van der Waals surface area (Å²) in [5.41, 5.74) is 6.73. The van der Waals surface area contributed by atoms with Crippen molar-refractivity contribution in [2.75, 3.05) is 14.1 Å². The van der Waals surface area contributed by atoms with Crippen molar-refractivity contribution in [3.05, 3.63) is 35.4 Å². The normalized spacial score (nSPS) is 12.9. The van der Waals surface area contributed by atoms with Gasteiger partial charge in [-0.2, -0.15) is 12.7 Å². The summed E-state index contributed by atoms with van der Waals surface area (Å²) >= 11 is 0. The summed E-state index contributed by atoms with van der Waals surface area (Å²) < 4.78 is 26.4. The molecule has 0 aliphatic rings. The van der Waals surface area contributed by atoms with E-state index in [2.05, 4.69) is 9.88 Å². The molecule has 4 N–H and O–H groups in total. The number of hydrogen-bond donors (Lipinski definition) is 3. The third kappa shape index (κ3) is 3.42. The summed E-state index contributed by atoms with van der Waals surface area (Å²) in [5, 5.41) is 11.5. The fourth-order valence-electron chi connectivity index (χ4n) is 1.38. The molecule has 0 unspecified atom stereocenters. The first-order valence-electron chi connectivity index (χ1n) is 5.12. The molecule has 0 aliphatic heterocycles. The Morgan fingerprint density at radius 3 is 2.78 bits per heavy atom. The number of nitrogens with one attached hydrogen (secondary N) is 1. The zero-order chi connectivity index (χ0) is 13.8. The molecule has 0 saturated carbocycles. The summed E-state index contributed by atoms with van der Waals surface area (Å²) in [6.45, 7) is 0.190. The largest absolute Gasteiger partial charge is 0.409 e. The first kappa shape index (κ1) is 14.4. The molecule has 0 fully saturated rings. The molecule has 7 nitrogen and oxygen atoms in total. The van der Waals surface area contributed by atoms with Gasteiger partial charge in [-0.1, -0.05) is 23.4 Å². The van der Waals surface area contributed by atoms with Crippen LogP contribution in [0.4, 0.5) is 0 Å². The molecule has 18 heavy (non-hydrogen) atoms. The van der Waals surface area contributed by atoms with Crippen LogP contribution in [0.2, 0.25) is 0 Å². The minimum absolute atomic E-state index is 0.0176. The van der Waals surface area contributed by atoms with E-state index >= 15 is 0 Å². The molecule has 8 heteroatoms. The van der Waals surface area contributed by atoms with E-state index < -0.39 is 10.2 Å². The number of oxime groups is 1. The molecule has 0 atom stereocenters. The van der Waals surface area contributed by atoms with E-state index in [-0.39, 0.29) is 12.4 Å². The lowest BCUT2D eigenvalue weighted by atomic mass is 10.1. The van der Waals surface area contributed by atoms with Crippen molar-refractivity contribution in [1.82, 2.24) is 9.03 Å². The van der Waals surface area contributed by atoms with Crippen molar-refractivity contribution >= 4 is 16.0 Å². The fourth-order valence-corrected chi connectivity index (χ4v) is 2.02. The van der Waals surface area contributed by atoms with E-state index in [1.807, 2.05) is 0 Å². The molecular formula is C10H16N4O3S. The highest BCUT2D eigenvalue weighted by atomic mass is 32.2. The molecule has 0 aromatic heterocycles. The summed E-state index contributed by atoms with van der Waals surface area (Å²) in [5.74, 6) is -0.0176. The number of benzene rings is 1. The standard InChI is InChI=1S/C10H16N4O3S/c1-12-18(16,17)14(2)7-8-4-3-5-9(6-8)10(11)13-15/h3-6,12,15H,7H2,1-2H3,(H2,11,13). The second-order valence-electron chi connectivity index (χ2n) is 3.65. The third-order valence-electron chi connectivity index (χ3n) is 2.40. The third-order valence-corrected chi connectivity index (χ3v) is 3.87. The van der Waals surface area contributed by atoms with Gasteiger partial charge < -0.3 is 10.9 Å². The van der Waals surface area contributed by atoms with Crippen LogP contribution in [0.3, 0.4) is 0 Å². The molecule has 0 aliphatic carbocycles. The molecule has 0 bridgehead atoms. The molecular weight excluding hydrogens is 256 g/mol. The van der Waals surface area contributed by atoms with Gasteiger partial charge >= 0.3 is 0 Å². The van der Waals surface area contributed by atoms with Crippen molar-refractivity contribution in [3.63, 3.8) is 0 Å². The molecule has 0 spiro atoms. The van der Waals surface area contributed by atoms with Gasteiger partial charge in [-0.05, 0) is 11.6 Å². The van der Waals surface area contributed by atoms with E-state index in [1.54, 1.807) is 24.3 Å². The van der Waals surface area contributed by atoms with Crippen molar-refractivity contribution in [2.45, 2.75) is 6.54 Å². The van der Waals surface area contributed by atoms with Crippen molar-refractivity contribution in [2.24, 2.45) is 10.9 Å². The summed E-state index contributed by atoms with van der Waals surface area (Å²) in [6.07, 6.45) is 0. The summed E-state index contributed by atoms with van der Waals surface area (Å²) in [4.78, 5) is 0. The average Bonchev–Trinajstić information content (AvgIpc) is 2.38. The molecule has 100 valence electrons. The van der Waals surface area contributed by atoms with Gasteiger partial charge in [0, 0.05) is 26.2 Å². The predicted molar refractivity (Wildman–Crippen MR) is 68.4 cm³/mol. The molecule has 0 saturated heterocycles. The molecule has 1 rings (SSSR count). The molecule has 0 amide bonds. The lowest BCUT2D eigenvalue weighted by Gasteiger charge is -2.16. The second-order valence-corrected chi connectivity index (χ2v) is 5.63. The number of rotatable bonds is 5. The van der Waals surface area contributed by atoms with Gasteiger partial charge in [-0.15, -0.1) is 0 Å². The van der Waals surface area contributed by atoms with Gasteiger partial charge in [0.15, 0.2) is 5.84 Å². The smallest absolute Gasteiger partial charge is 0.279 e. The van der Waals surface area contributed by atoms with Crippen LogP contribution in [0.25, 0.3) is 0 Å². The molecule has 0 heterocycles. The number of nitrogens with two attached hydrogens (primary N) is 1. The van der Waals surface area contributed by atoms with Crippen LogP contribution in [-0.4, -0.2) is 37.9 Å². The van der Waals surface area contributed by atoms with E-state index in [0.29, 0.717) is 5.56 Å². The van der Waals surface area contributed by atoms with Crippen LogP contribution < -0.4 is 10.5 Å². The minimum atomic E-state index is -3.46. The van der Waals surface area contributed by atoms with Gasteiger partial charge in [-0.25, -0.2) is 4.72 Å². The molecule has 0 radical (unpaired) electrons. The van der Waals surface area contributed by atoms with Crippen molar-refractivity contribution in [3.8, 4) is 0 Å². The first-order valence-corrected chi connectivity index (χ1v) is 6.56. The lowest BCUT2D eigenvalue weighted by Crippen LogP contribution is -2.35. The van der Waals surface area contributed by atoms with Crippen LogP contribution in [0.1, 0.15) is 11.1 Å². The van der Waals surface area contributed by atoms with Crippen LogP contribution in [0.5, 0.6) is 0 Å². The van der Waals surface area contributed by atoms with E-state index in [4.69, 9.17) is 10.9 Å². The van der Waals surface area contributed by atoms with Crippen LogP contribution in [0, 0.1) is 0 Å². The van der Waals surface area contributed by atoms with E-state index in [9.17, 15) is 8.42 Å². The topological polar surface area (TPSA) is 108 Å². The highest BCUT2D eigenvalue weighted by Gasteiger charge is 2.15. The quantitative estimate of drug-likeness (QED) is 0.295. The van der Waals surface area contributed by atoms with Crippen LogP contribution >= 0.6 is 0 Å². The summed E-state index contributed by atoms with van der Waals surface area (Å²) in [6, 6.07) is 6.81. The molecule has 1 aromatic rings. The van der Waals surface area contributed by atoms with Crippen molar-refractivity contribution in [1.29, 1.82) is 0 Å². The lowest BCUT2D eigenvalue weighted by molar-refractivity contribution is 0.318. The maximum Gasteiger partial charge on any atom is 0.279 e. The Bertz CT molecular complexity index is 542.